The number of benzene rings is 2. The van der Waals surface area contributed by atoms with E-state index in [-0.39, 0.29) is 0 Å². The lowest BCUT2D eigenvalue weighted by Crippen LogP contribution is -2.14. The summed E-state index contributed by atoms with van der Waals surface area (Å²) in [5, 5.41) is 0. The van der Waals surface area contributed by atoms with Crippen LogP contribution in [0.15, 0.2) is 53.4 Å². The molecule has 2 aromatic carbocycles. The summed E-state index contributed by atoms with van der Waals surface area (Å²) in [5.74, 6) is 0. The topological polar surface area (TPSA) is 46.2 Å². The van der Waals surface area contributed by atoms with Gasteiger partial charge >= 0.3 is 0 Å². The van der Waals surface area contributed by atoms with Gasteiger partial charge in [0.15, 0.2) is 0 Å². The highest BCUT2D eigenvalue weighted by Crippen LogP contribution is 2.19. The molecule has 0 fully saturated rings. The van der Waals surface area contributed by atoms with Gasteiger partial charge in [-0.3, -0.25) is 4.72 Å². The molecule has 2 aromatic rings. The van der Waals surface area contributed by atoms with E-state index in [1.54, 1.807) is 37.3 Å². The van der Waals surface area contributed by atoms with Crippen LogP contribution in [0.5, 0.6) is 0 Å². The number of sulfonamides is 1. The number of rotatable bonds is 4. The Balaban J connectivity index is 2.28. The van der Waals surface area contributed by atoms with Crippen LogP contribution in [0.4, 0.5) is 5.69 Å². The van der Waals surface area contributed by atoms with Gasteiger partial charge in [-0.2, -0.15) is 0 Å². The van der Waals surface area contributed by atoms with Gasteiger partial charge in [0.05, 0.1) is 4.90 Å². The summed E-state index contributed by atoms with van der Waals surface area (Å²) in [6.45, 7) is 3.85. The van der Waals surface area contributed by atoms with Gasteiger partial charge in [0.2, 0.25) is 0 Å². The molecule has 0 aliphatic rings. The first-order valence-corrected chi connectivity index (χ1v) is 7.68. The van der Waals surface area contributed by atoms with Gasteiger partial charge in [-0.1, -0.05) is 37.3 Å². The van der Waals surface area contributed by atoms with E-state index in [4.69, 9.17) is 0 Å². The van der Waals surface area contributed by atoms with Crippen LogP contribution in [-0.4, -0.2) is 8.42 Å². The van der Waals surface area contributed by atoms with Crippen LogP contribution in [0.3, 0.4) is 0 Å². The van der Waals surface area contributed by atoms with Crippen LogP contribution in [0, 0.1) is 6.92 Å². The van der Waals surface area contributed by atoms with E-state index in [1.807, 2.05) is 18.2 Å². The fourth-order valence-corrected chi connectivity index (χ4v) is 3.18. The fourth-order valence-electron chi connectivity index (χ4n) is 1.88. The summed E-state index contributed by atoms with van der Waals surface area (Å²) >= 11 is 0. The van der Waals surface area contributed by atoms with Gasteiger partial charge in [-0.05, 0) is 42.7 Å². The normalized spacial score (nSPS) is 11.3. The molecule has 4 heteroatoms. The van der Waals surface area contributed by atoms with Crippen molar-refractivity contribution < 1.29 is 8.42 Å². The van der Waals surface area contributed by atoms with Crippen molar-refractivity contribution in [3.05, 3.63) is 59.7 Å². The van der Waals surface area contributed by atoms with Crippen molar-refractivity contribution in [3.8, 4) is 0 Å². The second-order valence-electron chi connectivity index (χ2n) is 4.42. The van der Waals surface area contributed by atoms with Gasteiger partial charge in [0.1, 0.15) is 0 Å². The Kier molecular flexibility index (Phi) is 3.90. The maximum atomic E-state index is 12.3. The molecule has 0 saturated carbocycles. The maximum absolute atomic E-state index is 12.3. The van der Waals surface area contributed by atoms with Crippen molar-refractivity contribution in [3.63, 3.8) is 0 Å². The first-order chi connectivity index (χ1) is 9.03. The Morgan fingerprint density at radius 3 is 2.21 bits per heavy atom. The predicted octanol–water partition coefficient (Wildman–Crippen LogP) is 3.36. The largest absolute Gasteiger partial charge is 0.280 e. The van der Waals surface area contributed by atoms with E-state index >= 15 is 0 Å². The molecule has 0 amide bonds. The minimum atomic E-state index is -3.51. The van der Waals surface area contributed by atoms with Gasteiger partial charge in [0.25, 0.3) is 10.0 Å². The fraction of sp³-hybridized carbons (Fsp3) is 0.200. The maximum Gasteiger partial charge on any atom is 0.262 e. The van der Waals surface area contributed by atoms with E-state index < -0.39 is 10.0 Å². The monoisotopic (exact) mass is 275 g/mol. The van der Waals surface area contributed by atoms with Crippen molar-refractivity contribution >= 4 is 15.7 Å². The van der Waals surface area contributed by atoms with Crippen LogP contribution in [0.25, 0.3) is 0 Å². The minimum absolute atomic E-state index is 0.314. The average Bonchev–Trinajstić information content (AvgIpc) is 2.39. The molecule has 19 heavy (non-hydrogen) atoms. The van der Waals surface area contributed by atoms with E-state index in [0.29, 0.717) is 10.6 Å². The lowest BCUT2D eigenvalue weighted by molar-refractivity contribution is 0.600. The number of nitrogens with one attached hydrogen (secondary N) is 1. The van der Waals surface area contributed by atoms with Crippen LogP contribution < -0.4 is 4.72 Å². The number of aryl methyl sites for hydroxylation is 2. The third-order valence-electron chi connectivity index (χ3n) is 3.00. The molecule has 0 saturated heterocycles. The van der Waals surface area contributed by atoms with E-state index in [0.717, 1.165) is 12.0 Å². The SMILES string of the molecule is CCc1ccc(NS(=O)(=O)c2ccccc2C)cc1. The van der Waals surface area contributed by atoms with Crippen LogP contribution in [0.1, 0.15) is 18.1 Å². The molecule has 0 bridgehead atoms. The molecular formula is C15H17NO2S. The second-order valence-corrected chi connectivity index (χ2v) is 6.07. The molecule has 0 atom stereocenters. The number of anilines is 1. The molecule has 0 aromatic heterocycles. The Bertz CT molecular complexity index is 661. The molecular weight excluding hydrogens is 258 g/mol. The first-order valence-electron chi connectivity index (χ1n) is 6.20. The number of hydrogen-bond donors (Lipinski definition) is 1. The molecule has 0 spiro atoms. The summed E-state index contributed by atoms with van der Waals surface area (Å²) in [6.07, 6.45) is 0.935. The van der Waals surface area contributed by atoms with Crippen LogP contribution in [0.2, 0.25) is 0 Å². The summed E-state index contributed by atoms with van der Waals surface area (Å²) in [7, 11) is -3.51. The summed E-state index contributed by atoms with van der Waals surface area (Å²) in [6, 6.07) is 14.4. The molecule has 0 aliphatic carbocycles. The highest BCUT2D eigenvalue weighted by molar-refractivity contribution is 7.92. The highest BCUT2D eigenvalue weighted by Gasteiger charge is 2.15. The molecule has 100 valence electrons. The standard InChI is InChI=1S/C15H17NO2S/c1-3-13-8-10-14(11-9-13)16-19(17,18)15-7-5-4-6-12(15)2/h4-11,16H,3H2,1-2H3. The third-order valence-corrected chi connectivity index (χ3v) is 4.54. The van der Waals surface area contributed by atoms with Crippen molar-refractivity contribution in [1.29, 1.82) is 0 Å². The lowest BCUT2D eigenvalue weighted by Gasteiger charge is -2.10. The first kappa shape index (κ1) is 13.6. The molecule has 2 rings (SSSR count). The zero-order chi connectivity index (χ0) is 13.9. The van der Waals surface area contributed by atoms with Crippen molar-refractivity contribution in [2.75, 3.05) is 4.72 Å². The molecule has 0 heterocycles. The molecule has 1 N–H and O–H groups in total. The molecule has 0 radical (unpaired) electrons. The zero-order valence-corrected chi connectivity index (χ0v) is 11.9. The second kappa shape index (κ2) is 5.45. The Hall–Kier alpha value is -1.81. The van der Waals surface area contributed by atoms with E-state index in [9.17, 15) is 8.42 Å². The Morgan fingerprint density at radius 1 is 1.00 bits per heavy atom. The average molecular weight is 275 g/mol. The summed E-state index contributed by atoms with van der Waals surface area (Å²) in [4.78, 5) is 0.314. The quantitative estimate of drug-likeness (QED) is 0.930. The third kappa shape index (κ3) is 3.15. The van der Waals surface area contributed by atoms with Gasteiger partial charge < -0.3 is 0 Å². The van der Waals surface area contributed by atoms with Crippen LogP contribution in [-0.2, 0) is 16.4 Å². The predicted molar refractivity (Wildman–Crippen MR) is 77.8 cm³/mol. The molecule has 0 aliphatic heterocycles. The molecule has 0 unspecified atom stereocenters. The van der Waals surface area contributed by atoms with Gasteiger partial charge in [0, 0.05) is 5.69 Å². The number of hydrogen-bond acceptors (Lipinski definition) is 2. The highest BCUT2D eigenvalue weighted by atomic mass is 32.2. The van der Waals surface area contributed by atoms with Gasteiger partial charge in [-0.15, -0.1) is 0 Å². The smallest absolute Gasteiger partial charge is 0.262 e. The van der Waals surface area contributed by atoms with Crippen molar-refractivity contribution in [2.45, 2.75) is 25.2 Å². The Morgan fingerprint density at radius 2 is 1.63 bits per heavy atom. The zero-order valence-electron chi connectivity index (χ0n) is 11.1. The minimum Gasteiger partial charge on any atom is -0.280 e. The lowest BCUT2D eigenvalue weighted by atomic mass is 10.2. The van der Waals surface area contributed by atoms with Crippen molar-refractivity contribution in [2.24, 2.45) is 0 Å². The van der Waals surface area contributed by atoms with Crippen molar-refractivity contribution in [1.82, 2.24) is 0 Å². The van der Waals surface area contributed by atoms with E-state index in [2.05, 4.69) is 11.6 Å². The Labute approximate surface area is 114 Å². The summed E-state index contributed by atoms with van der Waals surface area (Å²) < 4.78 is 27.1. The molecule has 3 nitrogen and oxygen atoms in total. The van der Waals surface area contributed by atoms with E-state index in [1.165, 1.54) is 5.56 Å². The summed E-state index contributed by atoms with van der Waals surface area (Å²) in [5.41, 5.74) is 2.50. The van der Waals surface area contributed by atoms with Gasteiger partial charge in [-0.25, -0.2) is 8.42 Å². The van der Waals surface area contributed by atoms with Crippen LogP contribution >= 0.6 is 0 Å².